The minimum Gasteiger partial charge on any atom is -0.504 e. The number of nitrogen functional groups attached to an aromatic ring is 1. The summed E-state index contributed by atoms with van der Waals surface area (Å²) in [6.07, 6.45) is 2.64. The van der Waals surface area contributed by atoms with Crippen LogP contribution in [0.5, 0.6) is 11.5 Å². The molecule has 4 aromatic rings. The number of benzene rings is 2. The molecule has 0 fully saturated rings. The Morgan fingerprint density at radius 1 is 1.12 bits per heavy atom. The molecular weight excluding hydrogens is 408 g/mol. The molecule has 2 aromatic carbocycles. The van der Waals surface area contributed by atoms with Gasteiger partial charge in [-0.2, -0.15) is 5.10 Å². The maximum atomic E-state index is 12.4. The number of carbonyl (C=O) groups is 1. The van der Waals surface area contributed by atoms with E-state index in [1.54, 1.807) is 15.6 Å². The highest BCUT2D eigenvalue weighted by Crippen LogP contribution is 2.34. The van der Waals surface area contributed by atoms with Gasteiger partial charge in [-0.05, 0) is 29.8 Å². The van der Waals surface area contributed by atoms with Gasteiger partial charge >= 0.3 is 0 Å². The van der Waals surface area contributed by atoms with Crippen molar-refractivity contribution < 1.29 is 15.0 Å². The number of aromatic hydroxyl groups is 2. The lowest BCUT2D eigenvalue weighted by atomic mass is 10.1. The van der Waals surface area contributed by atoms with Gasteiger partial charge in [0, 0.05) is 18.7 Å². The number of aromatic nitrogens is 4. The van der Waals surface area contributed by atoms with Gasteiger partial charge in [0.05, 0.1) is 11.9 Å². The molecule has 0 spiro atoms. The molecule has 0 bridgehead atoms. The van der Waals surface area contributed by atoms with E-state index in [0.717, 1.165) is 5.56 Å². The molecule has 0 unspecified atom stereocenters. The Morgan fingerprint density at radius 3 is 2.62 bits per heavy atom. The van der Waals surface area contributed by atoms with Crippen LogP contribution in [-0.4, -0.2) is 47.3 Å². The van der Waals surface area contributed by atoms with Gasteiger partial charge in [0.25, 0.3) is 0 Å². The minimum atomic E-state index is -0.272. The number of anilines is 1. The van der Waals surface area contributed by atoms with Crippen LogP contribution in [-0.2, 0) is 17.9 Å². The van der Waals surface area contributed by atoms with Gasteiger partial charge in [0.15, 0.2) is 17.1 Å². The second-order valence-electron chi connectivity index (χ2n) is 7.18. The molecule has 1 amide bonds. The molecule has 0 aliphatic rings. The van der Waals surface area contributed by atoms with E-state index in [1.165, 1.54) is 24.5 Å². The van der Waals surface area contributed by atoms with Crippen molar-refractivity contribution in [3.63, 3.8) is 0 Å². The molecular formula is C23H22N6O3. The molecule has 9 heteroatoms. The summed E-state index contributed by atoms with van der Waals surface area (Å²) in [5, 5.41) is 24.7. The Balaban J connectivity index is 1.68. The van der Waals surface area contributed by atoms with Gasteiger partial charge in [0.2, 0.25) is 5.91 Å². The summed E-state index contributed by atoms with van der Waals surface area (Å²) < 4.78 is 1.65. The second kappa shape index (κ2) is 8.76. The number of phenols is 2. The monoisotopic (exact) mass is 430 g/mol. The predicted molar refractivity (Wildman–Crippen MR) is 121 cm³/mol. The van der Waals surface area contributed by atoms with Gasteiger partial charge in [-0.3, -0.25) is 4.79 Å². The zero-order chi connectivity index (χ0) is 22.7. The fraction of sp³-hybridized carbons (Fsp3) is 0.130. The molecule has 0 aliphatic carbocycles. The van der Waals surface area contributed by atoms with E-state index in [0.29, 0.717) is 41.9 Å². The molecule has 0 saturated carbocycles. The van der Waals surface area contributed by atoms with Crippen molar-refractivity contribution >= 4 is 22.8 Å². The number of carbonyl (C=O) groups excluding carboxylic acids is 1. The van der Waals surface area contributed by atoms with E-state index in [4.69, 9.17) is 5.73 Å². The number of nitrogens with zero attached hydrogens (tertiary/aromatic N) is 5. The number of rotatable bonds is 7. The lowest BCUT2D eigenvalue weighted by Gasteiger charge is -2.21. The lowest BCUT2D eigenvalue weighted by molar-refractivity contribution is -0.126. The van der Waals surface area contributed by atoms with Gasteiger partial charge in [-0.1, -0.05) is 36.9 Å². The Bertz CT molecular complexity index is 1290. The summed E-state index contributed by atoms with van der Waals surface area (Å²) in [6.45, 7) is 4.75. The fourth-order valence-electron chi connectivity index (χ4n) is 3.47. The first-order valence-electron chi connectivity index (χ1n) is 9.92. The molecule has 32 heavy (non-hydrogen) atoms. The van der Waals surface area contributed by atoms with Gasteiger partial charge in [-0.25, -0.2) is 14.6 Å². The first-order valence-corrected chi connectivity index (χ1v) is 9.92. The summed E-state index contributed by atoms with van der Waals surface area (Å²) in [7, 11) is 0. The van der Waals surface area contributed by atoms with Crippen LogP contribution in [0.3, 0.4) is 0 Å². The molecule has 4 N–H and O–H groups in total. The van der Waals surface area contributed by atoms with Crippen molar-refractivity contribution in [3.8, 4) is 22.8 Å². The summed E-state index contributed by atoms with van der Waals surface area (Å²) >= 11 is 0. The summed E-state index contributed by atoms with van der Waals surface area (Å²) in [5.74, 6) is -0.456. The van der Waals surface area contributed by atoms with E-state index in [2.05, 4.69) is 21.6 Å². The maximum absolute atomic E-state index is 12.4. The van der Waals surface area contributed by atoms with E-state index < -0.39 is 0 Å². The van der Waals surface area contributed by atoms with Crippen LogP contribution in [0.15, 0.2) is 67.5 Å². The molecule has 0 radical (unpaired) electrons. The molecule has 2 aromatic heterocycles. The normalized spacial score (nSPS) is 10.9. The van der Waals surface area contributed by atoms with Gasteiger partial charge < -0.3 is 20.8 Å². The average molecular weight is 430 g/mol. The molecule has 162 valence electrons. The third kappa shape index (κ3) is 4.08. The molecule has 2 heterocycles. The SMILES string of the molecule is C=CC(=O)N(CCn1nc(-c2ccc(O)c(O)c2)c2c(N)ncnc21)Cc1ccccc1. The Labute approximate surface area is 184 Å². The third-order valence-corrected chi connectivity index (χ3v) is 5.09. The summed E-state index contributed by atoms with van der Waals surface area (Å²) in [4.78, 5) is 22.5. The number of phenolic OH excluding ortho intramolecular Hbond substituents is 2. The largest absolute Gasteiger partial charge is 0.504 e. The number of nitrogens with two attached hydrogens (primary N) is 1. The van der Waals surface area contributed by atoms with Crippen LogP contribution in [0.1, 0.15) is 5.56 Å². The van der Waals surface area contributed by atoms with E-state index >= 15 is 0 Å². The first kappa shape index (κ1) is 20.9. The number of amides is 1. The highest BCUT2D eigenvalue weighted by Gasteiger charge is 2.19. The number of hydrogen-bond donors (Lipinski definition) is 3. The molecule has 0 saturated heterocycles. The van der Waals surface area contributed by atoms with Crippen LogP contribution in [0.25, 0.3) is 22.3 Å². The predicted octanol–water partition coefficient (Wildman–Crippen LogP) is 2.70. The van der Waals surface area contributed by atoms with Crippen LogP contribution in [0.2, 0.25) is 0 Å². The van der Waals surface area contributed by atoms with E-state index in [9.17, 15) is 15.0 Å². The summed E-state index contributed by atoms with van der Waals surface area (Å²) in [5.41, 5.74) is 8.63. The minimum absolute atomic E-state index is 0.192. The van der Waals surface area contributed by atoms with Crippen molar-refractivity contribution in [2.75, 3.05) is 12.3 Å². The lowest BCUT2D eigenvalue weighted by Crippen LogP contribution is -2.32. The smallest absolute Gasteiger partial charge is 0.246 e. The quantitative estimate of drug-likeness (QED) is 0.303. The Morgan fingerprint density at radius 2 is 1.91 bits per heavy atom. The third-order valence-electron chi connectivity index (χ3n) is 5.09. The first-order chi connectivity index (χ1) is 15.5. The fourth-order valence-corrected chi connectivity index (χ4v) is 3.47. The Hall–Kier alpha value is -4.40. The molecule has 0 aliphatic heterocycles. The van der Waals surface area contributed by atoms with Crippen LogP contribution in [0, 0.1) is 0 Å². The molecule has 4 rings (SSSR count). The molecule has 0 atom stereocenters. The summed E-state index contributed by atoms with van der Waals surface area (Å²) in [6, 6.07) is 14.1. The topological polar surface area (TPSA) is 130 Å². The highest BCUT2D eigenvalue weighted by molar-refractivity contribution is 5.98. The highest BCUT2D eigenvalue weighted by atomic mass is 16.3. The van der Waals surface area contributed by atoms with Crippen molar-refractivity contribution in [1.82, 2.24) is 24.6 Å². The van der Waals surface area contributed by atoms with Crippen LogP contribution in [0.4, 0.5) is 5.82 Å². The van der Waals surface area contributed by atoms with Crippen molar-refractivity contribution in [3.05, 3.63) is 73.1 Å². The maximum Gasteiger partial charge on any atom is 0.246 e. The number of hydrogen-bond acceptors (Lipinski definition) is 7. The van der Waals surface area contributed by atoms with Crippen LogP contribution >= 0.6 is 0 Å². The van der Waals surface area contributed by atoms with Crippen molar-refractivity contribution in [2.45, 2.75) is 13.1 Å². The molecule has 9 nitrogen and oxygen atoms in total. The van der Waals surface area contributed by atoms with Crippen LogP contribution < -0.4 is 5.73 Å². The van der Waals surface area contributed by atoms with Crippen molar-refractivity contribution in [1.29, 1.82) is 0 Å². The zero-order valence-corrected chi connectivity index (χ0v) is 17.2. The average Bonchev–Trinajstić information content (AvgIpc) is 3.18. The number of fused-ring (bicyclic) bond motifs is 1. The van der Waals surface area contributed by atoms with E-state index in [1.807, 2.05) is 30.3 Å². The zero-order valence-electron chi connectivity index (χ0n) is 17.2. The second-order valence-corrected chi connectivity index (χ2v) is 7.18. The van der Waals surface area contributed by atoms with E-state index in [-0.39, 0.29) is 23.2 Å². The van der Waals surface area contributed by atoms with Gasteiger partial charge in [-0.15, -0.1) is 0 Å². The van der Waals surface area contributed by atoms with Gasteiger partial charge in [0.1, 0.15) is 17.8 Å². The van der Waals surface area contributed by atoms with Crippen molar-refractivity contribution in [2.24, 2.45) is 0 Å². The standard InChI is InChI=1S/C23H22N6O3/c1-2-19(32)28(13-15-6-4-3-5-7-15)10-11-29-23-20(22(24)25-14-26-23)21(27-29)16-8-9-17(30)18(31)12-16/h2-9,12,14,30-31H,1,10-11,13H2,(H2,24,25,26). The Kier molecular flexibility index (Phi) is 5.71.